The summed E-state index contributed by atoms with van der Waals surface area (Å²) in [5.74, 6) is 0. The van der Waals surface area contributed by atoms with Crippen LogP contribution in [-0.4, -0.2) is 19.5 Å². The number of nitrogens with one attached hydrogen (secondary N) is 1. The standard InChI is InChI=1S/C15H17NO3S/c1-2-16-14-8-9-15(20(17,18)19)13(11-14)10-12-6-4-3-5-7-12/h3-9,11,16H,2,10H2,1H3,(H,17,18,19). The molecule has 0 aliphatic rings. The molecule has 2 aromatic carbocycles. The van der Waals surface area contributed by atoms with E-state index in [1.54, 1.807) is 12.1 Å². The second-order valence-electron chi connectivity index (χ2n) is 4.49. The maximum atomic E-state index is 11.4. The fraction of sp³-hybridized carbons (Fsp3) is 0.200. The molecular weight excluding hydrogens is 274 g/mol. The third-order valence-corrected chi connectivity index (χ3v) is 3.91. The number of hydrogen-bond acceptors (Lipinski definition) is 3. The van der Waals surface area contributed by atoms with Crippen molar-refractivity contribution in [2.75, 3.05) is 11.9 Å². The highest BCUT2D eigenvalue weighted by Crippen LogP contribution is 2.23. The third-order valence-electron chi connectivity index (χ3n) is 2.96. The molecule has 0 bridgehead atoms. The third kappa shape index (κ3) is 3.59. The SMILES string of the molecule is CCNc1ccc(S(=O)(=O)O)c(Cc2ccccc2)c1. The summed E-state index contributed by atoms with van der Waals surface area (Å²) in [5.41, 5.74) is 2.41. The highest BCUT2D eigenvalue weighted by atomic mass is 32.2. The van der Waals surface area contributed by atoms with Crippen LogP contribution in [0.1, 0.15) is 18.1 Å². The highest BCUT2D eigenvalue weighted by Gasteiger charge is 2.16. The molecule has 0 unspecified atom stereocenters. The first-order valence-corrected chi connectivity index (χ1v) is 7.83. The minimum absolute atomic E-state index is 0.0389. The van der Waals surface area contributed by atoms with Crippen molar-refractivity contribution in [3.05, 3.63) is 59.7 Å². The van der Waals surface area contributed by atoms with Crippen LogP contribution in [-0.2, 0) is 16.5 Å². The second-order valence-corrected chi connectivity index (χ2v) is 5.88. The average Bonchev–Trinajstić information content (AvgIpc) is 2.39. The van der Waals surface area contributed by atoms with Crippen LogP contribution in [0.25, 0.3) is 0 Å². The normalized spacial score (nSPS) is 11.3. The zero-order valence-corrected chi connectivity index (χ0v) is 12.0. The van der Waals surface area contributed by atoms with E-state index in [9.17, 15) is 13.0 Å². The van der Waals surface area contributed by atoms with Crippen molar-refractivity contribution in [2.24, 2.45) is 0 Å². The largest absolute Gasteiger partial charge is 0.385 e. The van der Waals surface area contributed by atoms with E-state index >= 15 is 0 Å². The summed E-state index contributed by atoms with van der Waals surface area (Å²) in [4.78, 5) is -0.0389. The molecule has 2 aromatic rings. The Kier molecular flexibility index (Phi) is 4.42. The summed E-state index contributed by atoms with van der Waals surface area (Å²) in [6.07, 6.45) is 0.454. The first-order chi connectivity index (χ1) is 9.50. The maximum Gasteiger partial charge on any atom is 0.294 e. The summed E-state index contributed by atoms with van der Waals surface area (Å²) in [6, 6.07) is 14.4. The minimum Gasteiger partial charge on any atom is -0.385 e. The Balaban J connectivity index is 2.44. The lowest BCUT2D eigenvalue weighted by Crippen LogP contribution is -2.06. The molecule has 0 fully saturated rings. The van der Waals surface area contributed by atoms with Crippen LogP contribution < -0.4 is 5.32 Å². The van der Waals surface area contributed by atoms with Gasteiger partial charge in [0.05, 0.1) is 4.90 Å². The van der Waals surface area contributed by atoms with Crippen molar-refractivity contribution >= 4 is 15.8 Å². The van der Waals surface area contributed by atoms with E-state index in [1.807, 2.05) is 37.3 Å². The molecule has 0 radical (unpaired) electrons. The van der Waals surface area contributed by atoms with Gasteiger partial charge in [0.1, 0.15) is 0 Å². The summed E-state index contributed by atoms with van der Waals surface area (Å²) in [7, 11) is -4.21. The van der Waals surface area contributed by atoms with Gasteiger partial charge < -0.3 is 5.32 Å². The van der Waals surface area contributed by atoms with Crippen molar-refractivity contribution in [3.8, 4) is 0 Å². The number of rotatable bonds is 5. The van der Waals surface area contributed by atoms with Crippen LogP contribution >= 0.6 is 0 Å². The smallest absolute Gasteiger partial charge is 0.294 e. The Morgan fingerprint density at radius 2 is 1.80 bits per heavy atom. The fourth-order valence-corrected chi connectivity index (χ4v) is 2.80. The summed E-state index contributed by atoms with van der Waals surface area (Å²) in [5, 5.41) is 3.14. The summed E-state index contributed by atoms with van der Waals surface area (Å²) >= 11 is 0. The monoisotopic (exact) mass is 291 g/mol. The van der Waals surface area contributed by atoms with Crippen molar-refractivity contribution in [3.63, 3.8) is 0 Å². The molecule has 2 rings (SSSR count). The van der Waals surface area contributed by atoms with Gasteiger partial charge in [0.2, 0.25) is 0 Å². The van der Waals surface area contributed by atoms with Gasteiger partial charge in [0.25, 0.3) is 10.1 Å². The number of anilines is 1. The van der Waals surface area contributed by atoms with Crippen LogP contribution in [0.2, 0.25) is 0 Å². The molecule has 0 spiro atoms. The van der Waals surface area contributed by atoms with E-state index in [4.69, 9.17) is 0 Å². The molecule has 0 saturated carbocycles. The fourth-order valence-electron chi connectivity index (χ4n) is 2.10. The molecule has 0 aliphatic heterocycles. The van der Waals surface area contributed by atoms with Crippen molar-refractivity contribution in [1.82, 2.24) is 0 Å². The van der Waals surface area contributed by atoms with Gasteiger partial charge in [-0.3, -0.25) is 4.55 Å². The molecule has 2 N–H and O–H groups in total. The highest BCUT2D eigenvalue weighted by molar-refractivity contribution is 7.85. The van der Waals surface area contributed by atoms with E-state index in [-0.39, 0.29) is 4.90 Å². The second kappa shape index (κ2) is 6.07. The average molecular weight is 291 g/mol. The van der Waals surface area contributed by atoms with Crippen molar-refractivity contribution in [2.45, 2.75) is 18.2 Å². The van der Waals surface area contributed by atoms with Gasteiger partial charge in [-0.05, 0) is 42.7 Å². The molecule has 0 aromatic heterocycles. The minimum atomic E-state index is -4.21. The van der Waals surface area contributed by atoms with E-state index in [1.165, 1.54) is 6.07 Å². The molecule has 0 heterocycles. The summed E-state index contributed by atoms with van der Waals surface area (Å²) < 4.78 is 32.2. The first-order valence-electron chi connectivity index (χ1n) is 6.39. The Morgan fingerprint density at radius 1 is 1.10 bits per heavy atom. The van der Waals surface area contributed by atoms with Crippen LogP contribution in [0.4, 0.5) is 5.69 Å². The van der Waals surface area contributed by atoms with Gasteiger partial charge in [-0.2, -0.15) is 8.42 Å². The molecule has 106 valence electrons. The van der Waals surface area contributed by atoms with Crippen LogP contribution in [0.3, 0.4) is 0 Å². The Morgan fingerprint density at radius 3 is 2.40 bits per heavy atom. The predicted molar refractivity (Wildman–Crippen MR) is 79.7 cm³/mol. The predicted octanol–water partition coefficient (Wildman–Crippen LogP) is 2.96. The molecule has 0 amide bonds. The van der Waals surface area contributed by atoms with E-state index in [0.29, 0.717) is 12.0 Å². The molecular formula is C15H17NO3S. The van der Waals surface area contributed by atoms with Gasteiger partial charge in [0, 0.05) is 12.2 Å². The Hall–Kier alpha value is -1.85. The number of benzene rings is 2. The van der Waals surface area contributed by atoms with E-state index < -0.39 is 10.1 Å². The number of hydrogen-bond donors (Lipinski definition) is 2. The van der Waals surface area contributed by atoms with Crippen LogP contribution in [0.15, 0.2) is 53.4 Å². The van der Waals surface area contributed by atoms with Crippen molar-refractivity contribution < 1.29 is 13.0 Å². The zero-order valence-electron chi connectivity index (χ0n) is 11.2. The van der Waals surface area contributed by atoms with Gasteiger partial charge in [-0.25, -0.2) is 0 Å². The quantitative estimate of drug-likeness (QED) is 0.831. The first kappa shape index (κ1) is 14.6. The Bertz CT molecular complexity index is 682. The van der Waals surface area contributed by atoms with Gasteiger partial charge >= 0.3 is 0 Å². The Labute approximate surface area is 119 Å². The van der Waals surface area contributed by atoms with Crippen LogP contribution in [0.5, 0.6) is 0 Å². The van der Waals surface area contributed by atoms with Gasteiger partial charge in [0.15, 0.2) is 0 Å². The molecule has 0 saturated heterocycles. The topological polar surface area (TPSA) is 66.4 Å². The molecule has 4 nitrogen and oxygen atoms in total. The molecule has 20 heavy (non-hydrogen) atoms. The van der Waals surface area contributed by atoms with E-state index in [2.05, 4.69) is 5.32 Å². The van der Waals surface area contributed by atoms with Gasteiger partial charge in [-0.15, -0.1) is 0 Å². The maximum absolute atomic E-state index is 11.4. The van der Waals surface area contributed by atoms with E-state index in [0.717, 1.165) is 17.8 Å². The lowest BCUT2D eigenvalue weighted by molar-refractivity contribution is 0.482. The zero-order chi connectivity index (χ0) is 14.6. The molecule has 5 heteroatoms. The lowest BCUT2D eigenvalue weighted by atomic mass is 10.0. The van der Waals surface area contributed by atoms with Crippen LogP contribution in [0, 0.1) is 0 Å². The molecule has 0 atom stereocenters. The van der Waals surface area contributed by atoms with Crippen molar-refractivity contribution in [1.29, 1.82) is 0 Å². The molecule has 0 aliphatic carbocycles. The summed E-state index contributed by atoms with van der Waals surface area (Å²) in [6.45, 7) is 2.71. The lowest BCUT2D eigenvalue weighted by Gasteiger charge is -2.11. The van der Waals surface area contributed by atoms with Gasteiger partial charge in [-0.1, -0.05) is 30.3 Å².